The molecule has 1 aromatic rings. The molecule has 0 saturated carbocycles. The Morgan fingerprint density at radius 2 is 2.41 bits per heavy atom. The van der Waals surface area contributed by atoms with Gasteiger partial charge in [0.05, 0.1) is 23.7 Å². The molecule has 1 saturated heterocycles. The normalized spacial score (nSPS) is 21.0. The Labute approximate surface area is 107 Å². The third-order valence-electron chi connectivity index (χ3n) is 2.82. The van der Waals surface area contributed by atoms with E-state index in [0.29, 0.717) is 10.7 Å². The van der Waals surface area contributed by atoms with Crippen LogP contribution in [0.5, 0.6) is 0 Å². The standard InChI is InChI=1S/C12H17N3OS/c1-9-8-15(5-2-6-16-9)10-3-4-11(12(13)17)14-7-10/h3-4,7,9H,2,5-6,8H2,1H3,(H2,13,17). The zero-order valence-corrected chi connectivity index (χ0v) is 10.7. The molecule has 0 spiro atoms. The molecule has 5 heteroatoms. The Morgan fingerprint density at radius 3 is 3.06 bits per heavy atom. The van der Waals surface area contributed by atoms with Gasteiger partial charge >= 0.3 is 0 Å². The van der Waals surface area contributed by atoms with Crippen molar-refractivity contribution in [3.63, 3.8) is 0 Å². The minimum atomic E-state index is 0.257. The third-order valence-corrected chi connectivity index (χ3v) is 3.03. The molecular formula is C12H17N3OS. The van der Waals surface area contributed by atoms with Gasteiger partial charge in [0.1, 0.15) is 4.99 Å². The maximum absolute atomic E-state index is 5.61. The highest BCUT2D eigenvalue weighted by molar-refractivity contribution is 7.80. The van der Waals surface area contributed by atoms with E-state index in [1.807, 2.05) is 18.3 Å². The van der Waals surface area contributed by atoms with Crippen molar-refractivity contribution in [3.05, 3.63) is 24.0 Å². The number of anilines is 1. The molecular weight excluding hydrogens is 234 g/mol. The van der Waals surface area contributed by atoms with Gasteiger partial charge < -0.3 is 15.4 Å². The highest BCUT2D eigenvalue weighted by Crippen LogP contribution is 2.17. The average molecular weight is 251 g/mol. The Kier molecular flexibility index (Phi) is 3.91. The molecule has 0 amide bonds. The van der Waals surface area contributed by atoms with Gasteiger partial charge in [-0.15, -0.1) is 0 Å². The molecule has 4 nitrogen and oxygen atoms in total. The van der Waals surface area contributed by atoms with Crippen LogP contribution in [0.25, 0.3) is 0 Å². The van der Waals surface area contributed by atoms with Crippen LogP contribution in [-0.2, 0) is 4.74 Å². The Hall–Kier alpha value is -1.20. The molecule has 92 valence electrons. The first-order chi connectivity index (χ1) is 8.16. The van der Waals surface area contributed by atoms with Crippen molar-refractivity contribution in [3.8, 4) is 0 Å². The summed E-state index contributed by atoms with van der Waals surface area (Å²) in [6.45, 7) is 4.82. The fraction of sp³-hybridized carbons (Fsp3) is 0.500. The van der Waals surface area contributed by atoms with E-state index in [9.17, 15) is 0 Å². The molecule has 0 bridgehead atoms. The maximum Gasteiger partial charge on any atom is 0.122 e. The fourth-order valence-electron chi connectivity index (χ4n) is 1.95. The summed E-state index contributed by atoms with van der Waals surface area (Å²) in [6, 6.07) is 3.88. The van der Waals surface area contributed by atoms with Gasteiger partial charge in [-0.2, -0.15) is 0 Å². The first kappa shape index (κ1) is 12.3. The van der Waals surface area contributed by atoms with E-state index in [4.69, 9.17) is 22.7 Å². The molecule has 1 aliphatic rings. The number of pyridine rings is 1. The molecule has 17 heavy (non-hydrogen) atoms. The molecule has 1 atom stereocenters. The van der Waals surface area contributed by atoms with E-state index >= 15 is 0 Å². The van der Waals surface area contributed by atoms with Gasteiger partial charge in [0.25, 0.3) is 0 Å². The van der Waals surface area contributed by atoms with Gasteiger partial charge in [-0.1, -0.05) is 12.2 Å². The van der Waals surface area contributed by atoms with Crippen molar-refractivity contribution < 1.29 is 4.74 Å². The van der Waals surface area contributed by atoms with Crippen LogP contribution in [0.3, 0.4) is 0 Å². The summed E-state index contributed by atoms with van der Waals surface area (Å²) in [5, 5.41) is 0. The minimum absolute atomic E-state index is 0.257. The van der Waals surface area contributed by atoms with E-state index in [1.54, 1.807) is 0 Å². The molecule has 1 aliphatic heterocycles. The molecule has 2 heterocycles. The zero-order chi connectivity index (χ0) is 12.3. The monoisotopic (exact) mass is 251 g/mol. The summed E-state index contributed by atoms with van der Waals surface area (Å²) in [6.07, 6.45) is 3.13. The SMILES string of the molecule is CC1CN(c2ccc(C(N)=S)nc2)CCCO1. The van der Waals surface area contributed by atoms with Crippen molar-refractivity contribution in [1.82, 2.24) is 4.98 Å². The van der Waals surface area contributed by atoms with E-state index in [0.717, 1.165) is 31.8 Å². The summed E-state index contributed by atoms with van der Waals surface area (Å²) >= 11 is 4.88. The number of rotatable bonds is 2. The predicted octanol–water partition coefficient (Wildman–Crippen LogP) is 1.33. The summed E-state index contributed by atoms with van der Waals surface area (Å²) in [5.74, 6) is 0. The third kappa shape index (κ3) is 3.14. The van der Waals surface area contributed by atoms with Crippen molar-refractivity contribution >= 4 is 22.9 Å². The highest BCUT2D eigenvalue weighted by Gasteiger charge is 2.15. The smallest absolute Gasteiger partial charge is 0.122 e. The summed E-state index contributed by atoms with van der Waals surface area (Å²) in [7, 11) is 0. The first-order valence-electron chi connectivity index (χ1n) is 5.79. The van der Waals surface area contributed by atoms with Crippen LogP contribution in [-0.4, -0.2) is 35.8 Å². The molecule has 1 aromatic heterocycles. The van der Waals surface area contributed by atoms with Crippen LogP contribution in [0, 0.1) is 0 Å². The second-order valence-electron chi connectivity index (χ2n) is 4.25. The first-order valence-corrected chi connectivity index (χ1v) is 6.20. The lowest BCUT2D eigenvalue weighted by atomic mass is 10.2. The molecule has 1 unspecified atom stereocenters. The van der Waals surface area contributed by atoms with Crippen LogP contribution in [0.1, 0.15) is 19.0 Å². The lowest BCUT2D eigenvalue weighted by Crippen LogP contribution is -2.30. The second-order valence-corrected chi connectivity index (χ2v) is 4.69. The molecule has 0 radical (unpaired) electrons. The number of nitrogens with two attached hydrogens (primary N) is 1. The van der Waals surface area contributed by atoms with E-state index in [2.05, 4.69) is 16.8 Å². The van der Waals surface area contributed by atoms with Crippen molar-refractivity contribution in [2.45, 2.75) is 19.4 Å². The minimum Gasteiger partial charge on any atom is -0.388 e. The van der Waals surface area contributed by atoms with Gasteiger partial charge in [0.2, 0.25) is 0 Å². The number of ether oxygens (including phenoxy) is 1. The zero-order valence-electron chi connectivity index (χ0n) is 9.93. The van der Waals surface area contributed by atoms with Crippen molar-refractivity contribution in [2.75, 3.05) is 24.6 Å². The second kappa shape index (κ2) is 5.42. The van der Waals surface area contributed by atoms with Gasteiger partial charge in [-0.05, 0) is 25.5 Å². The predicted molar refractivity (Wildman–Crippen MR) is 72.4 cm³/mol. The van der Waals surface area contributed by atoms with Crippen LogP contribution < -0.4 is 10.6 Å². The largest absolute Gasteiger partial charge is 0.388 e. The van der Waals surface area contributed by atoms with Crippen LogP contribution in [0.4, 0.5) is 5.69 Å². The molecule has 2 rings (SSSR count). The Bertz CT molecular complexity index is 393. The molecule has 0 aromatic carbocycles. The molecule has 1 fully saturated rings. The van der Waals surface area contributed by atoms with Crippen LogP contribution in [0.2, 0.25) is 0 Å². The quantitative estimate of drug-likeness (QED) is 0.804. The number of hydrogen-bond acceptors (Lipinski definition) is 4. The lowest BCUT2D eigenvalue weighted by molar-refractivity contribution is 0.0821. The van der Waals surface area contributed by atoms with E-state index in [-0.39, 0.29) is 6.10 Å². The highest BCUT2D eigenvalue weighted by atomic mass is 32.1. The van der Waals surface area contributed by atoms with Crippen molar-refractivity contribution in [1.29, 1.82) is 0 Å². The van der Waals surface area contributed by atoms with Crippen LogP contribution in [0.15, 0.2) is 18.3 Å². The summed E-state index contributed by atoms with van der Waals surface area (Å²) in [5.41, 5.74) is 7.29. The summed E-state index contributed by atoms with van der Waals surface area (Å²) in [4.78, 5) is 6.88. The van der Waals surface area contributed by atoms with E-state index < -0.39 is 0 Å². The Morgan fingerprint density at radius 1 is 1.59 bits per heavy atom. The van der Waals surface area contributed by atoms with Crippen LogP contribution >= 0.6 is 12.2 Å². The van der Waals surface area contributed by atoms with Crippen molar-refractivity contribution in [2.24, 2.45) is 5.73 Å². The van der Waals surface area contributed by atoms with Gasteiger partial charge in [0, 0.05) is 19.7 Å². The number of hydrogen-bond donors (Lipinski definition) is 1. The topological polar surface area (TPSA) is 51.4 Å². The number of aromatic nitrogens is 1. The molecule has 0 aliphatic carbocycles. The van der Waals surface area contributed by atoms with Gasteiger partial charge in [0.15, 0.2) is 0 Å². The van der Waals surface area contributed by atoms with Gasteiger partial charge in [-0.25, -0.2) is 0 Å². The van der Waals surface area contributed by atoms with E-state index in [1.165, 1.54) is 0 Å². The Balaban J connectivity index is 2.12. The average Bonchev–Trinajstić information content (AvgIpc) is 2.54. The number of nitrogens with zero attached hydrogens (tertiary/aromatic N) is 2. The maximum atomic E-state index is 5.61. The van der Waals surface area contributed by atoms with Gasteiger partial charge in [-0.3, -0.25) is 4.98 Å². The summed E-state index contributed by atoms with van der Waals surface area (Å²) < 4.78 is 5.61. The lowest BCUT2D eigenvalue weighted by Gasteiger charge is -2.23. The fourth-order valence-corrected chi connectivity index (χ4v) is 2.07. The molecule has 2 N–H and O–H groups in total. The number of thiocarbonyl (C=S) groups is 1.